The first-order chi connectivity index (χ1) is 14.7. The first-order valence-corrected chi connectivity index (χ1v) is 11.0. The van der Waals surface area contributed by atoms with Gasteiger partial charge in [0.2, 0.25) is 0 Å². The van der Waals surface area contributed by atoms with Gasteiger partial charge in [-0.2, -0.15) is 0 Å². The number of amides is 1. The predicted molar refractivity (Wildman–Crippen MR) is 117 cm³/mol. The SMILES string of the molecule is COc1ccccc1C(C)N(C)C(=O)c1cccc(S(=O)(=O)Nc2ccccc2F)c1. The average Bonchev–Trinajstić information content (AvgIpc) is 2.79. The lowest BCUT2D eigenvalue weighted by Crippen LogP contribution is -2.30. The molecule has 0 bridgehead atoms. The van der Waals surface area contributed by atoms with Gasteiger partial charge in [-0.3, -0.25) is 9.52 Å². The van der Waals surface area contributed by atoms with E-state index in [1.165, 1.54) is 47.4 Å². The summed E-state index contributed by atoms with van der Waals surface area (Å²) in [6, 6.07) is 18.2. The third kappa shape index (κ3) is 4.86. The summed E-state index contributed by atoms with van der Waals surface area (Å²) in [7, 11) is -0.884. The normalized spacial score (nSPS) is 12.1. The minimum absolute atomic E-state index is 0.139. The number of nitrogens with one attached hydrogen (secondary N) is 1. The van der Waals surface area contributed by atoms with E-state index in [4.69, 9.17) is 4.74 Å². The van der Waals surface area contributed by atoms with Crippen molar-refractivity contribution < 1.29 is 22.3 Å². The Hall–Kier alpha value is -3.39. The molecule has 0 saturated carbocycles. The highest BCUT2D eigenvalue weighted by molar-refractivity contribution is 7.92. The molecule has 0 radical (unpaired) electrons. The van der Waals surface area contributed by atoms with Crippen LogP contribution in [0.1, 0.15) is 28.9 Å². The van der Waals surface area contributed by atoms with Gasteiger partial charge >= 0.3 is 0 Å². The summed E-state index contributed by atoms with van der Waals surface area (Å²) in [4.78, 5) is 14.4. The van der Waals surface area contributed by atoms with E-state index in [9.17, 15) is 17.6 Å². The summed E-state index contributed by atoms with van der Waals surface area (Å²) in [5.41, 5.74) is 0.854. The highest BCUT2D eigenvalue weighted by Crippen LogP contribution is 2.29. The fourth-order valence-electron chi connectivity index (χ4n) is 3.14. The fourth-order valence-corrected chi connectivity index (χ4v) is 4.26. The number of carbonyl (C=O) groups excluding carboxylic acids is 1. The topological polar surface area (TPSA) is 75.7 Å². The van der Waals surface area contributed by atoms with Crippen molar-refractivity contribution in [1.82, 2.24) is 4.90 Å². The standard InChI is InChI=1S/C23H23FN2O4S/c1-16(19-11-4-7-14-22(19)30-3)26(2)23(27)17-9-8-10-18(15-17)31(28,29)25-21-13-6-5-12-20(21)24/h4-16,25H,1-3H3. The van der Waals surface area contributed by atoms with Crippen LogP contribution >= 0.6 is 0 Å². The third-order valence-corrected chi connectivity index (χ3v) is 6.36. The van der Waals surface area contributed by atoms with Gasteiger partial charge in [0.25, 0.3) is 15.9 Å². The van der Waals surface area contributed by atoms with E-state index in [0.717, 1.165) is 11.6 Å². The van der Waals surface area contributed by atoms with Gasteiger partial charge in [0.1, 0.15) is 11.6 Å². The van der Waals surface area contributed by atoms with Crippen LogP contribution in [-0.2, 0) is 10.0 Å². The Balaban J connectivity index is 1.86. The van der Waals surface area contributed by atoms with Crippen LogP contribution in [0.5, 0.6) is 5.75 Å². The molecule has 3 aromatic rings. The molecular weight excluding hydrogens is 419 g/mol. The predicted octanol–water partition coefficient (Wildman–Crippen LogP) is 4.47. The molecule has 0 saturated heterocycles. The molecule has 0 fully saturated rings. The summed E-state index contributed by atoms with van der Waals surface area (Å²) in [5.74, 6) is -0.398. The lowest BCUT2D eigenvalue weighted by molar-refractivity contribution is 0.0741. The van der Waals surface area contributed by atoms with Gasteiger partial charge in [-0.05, 0) is 43.3 Å². The third-order valence-electron chi connectivity index (χ3n) is 5.00. The summed E-state index contributed by atoms with van der Waals surface area (Å²) in [5, 5.41) is 0. The zero-order valence-corrected chi connectivity index (χ0v) is 18.2. The fraction of sp³-hybridized carbons (Fsp3) is 0.174. The smallest absolute Gasteiger partial charge is 0.262 e. The number of benzene rings is 3. The van der Waals surface area contributed by atoms with Gasteiger partial charge < -0.3 is 9.64 Å². The second kappa shape index (κ2) is 9.18. The quantitative estimate of drug-likeness (QED) is 0.586. The Kier molecular flexibility index (Phi) is 6.60. The highest BCUT2D eigenvalue weighted by Gasteiger charge is 2.23. The van der Waals surface area contributed by atoms with Gasteiger partial charge in [-0.1, -0.05) is 36.4 Å². The molecule has 0 aliphatic carbocycles. The van der Waals surface area contributed by atoms with Crippen molar-refractivity contribution in [3.8, 4) is 5.75 Å². The molecule has 8 heteroatoms. The second-order valence-electron chi connectivity index (χ2n) is 6.95. The van der Waals surface area contributed by atoms with Crippen LogP contribution in [0, 0.1) is 5.82 Å². The molecule has 0 aliphatic heterocycles. The molecule has 3 rings (SSSR count). The average molecular weight is 443 g/mol. The van der Waals surface area contributed by atoms with Crippen molar-refractivity contribution in [1.29, 1.82) is 0 Å². The van der Waals surface area contributed by atoms with E-state index < -0.39 is 15.8 Å². The molecule has 3 aromatic carbocycles. The van der Waals surface area contributed by atoms with Crippen LogP contribution in [0.2, 0.25) is 0 Å². The molecule has 0 aromatic heterocycles. The largest absolute Gasteiger partial charge is 0.496 e. The van der Waals surface area contributed by atoms with Gasteiger partial charge in [-0.15, -0.1) is 0 Å². The molecule has 0 aliphatic rings. The summed E-state index contributed by atoms with van der Waals surface area (Å²) in [6.45, 7) is 1.86. The minimum Gasteiger partial charge on any atom is -0.496 e. The number of hydrogen-bond donors (Lipinski definition) is 1. The summed E-state index contributed by atoms with van der Waals surface area (Å²) in [6.07, 6.45) is 0. The Morgan fingerprint density at radius 3 is 2.42 bits per heavy atom. The molecule has 31 heavy (non-hydrogen) atoms. The Bertz CT molecular complexity index is 1200. The van der Waals surface area contributed by atoms with Crippen LogP contribution < -0.4 is 9.46 Å². The lowest BCUT2D eigenvalue weighted by atomic mass is 10.0. The summed E-state index contributed by atoms with van der Waals surface area (Å²) < 4.78 is 46.9. The molecule has 1 atom stereocenters. The number of carbonyl (C=O) groups is 1. The molecular formula is C23H23FN2O4S. The van der Waals surface area contributed by atoms with E-state index in [1.54, 1.807) is 14.2 Å². The minimum atomic E-state index is -4.08. The first-order valence-electron chi connectivity index (χ1n) is 9.52. The van der Waals surface area contributed by atoms with Crippen LogP contribution in [0.3, 0.4) is 0 Å². The molecule has 6 nitrogen and oxygen atoms in total. The van der Waals surface area contributed by atoms with Crippen molar-refractivity contribution in [3.05, 3.63) is 89.7 Å². The number of para-hydroxylation sites is 2. The number of rotatable bonds is 7. The molecule has 1 amide bonds. The highest BCUT2D eigenvalue weighted by atomic mass is 32.2. The zero-order valence-electron chi connectivity index (χ0n) is 17.4. The maximum atomic E-state index is 13.9. The van der Waals surface area contributed by atoms with Gasteiger partial charge in [0.15, 0.2) is 0 Å². The first kappa shape index (κ1) is 22.3. The number of anilines is 1. The van der Waals surface area contributed by atoms with Crippen molar-refractivity contribution in [2.24, 2.45) is 0 Å². The molecule has 0 heterocycles. The number of ether oxygens (including phenoxy) is 1. The van der Waals surface area contributed by atoms with Crippen LogP contribution in [0.4, 0.5) is 10.1 Å². The monoisotopic (exact) mass is 442 g/mol. The van der Waals surface area contributed by atoms with Crippen molar-refractivity contribution in [3.63, 3.8) is 0 Å². The molecule has 0 spiro atoms. The number of hydrogen-bond acceptors (Lipinski definition) is 4. The van der Waals surface area contributed by atoms with Gasteiger partial charge in [-0.25, -0.2) is 12.8 Å². The van der Waals surface area contributed by atoms with E-state index in [-0.39, 0.29) is 28.1 Å². The maximum absolute atomic E-state index is 13.9. The molecule has 1 N–H and O–H groups in total. The van der Waals surface area contributed by atoms with Crippen molar-refractivity contribution in [2.45, 2.75) is 17.9 Å². The zero-order chi connectivity index (χ0) is 22.6. The van der Waals surface area contributed by atoms with Crippen LogP contribution in [-0.4, -0.2) is 33.4 Å². The van der Waals surface area contributed by atoms with E-state index in [2.05, 4.69) is 4.72 Å². The number of methoxy groups -OCH3 is 1. The van der Waals surface area contributed by atoms with Gasteiger partial charge in [0, 0.05) is 18.2 Å². The molecule has 162 valence electrons. The number of halogens is 1. The van der Waals surface area contributed by atoms with Crippen LogP contribution in [0.25, 0.3) is 0 Å². The van der Waals surface area contributed by atoms with Crippen molar-refractivity contribution >= 4 is 21.6 Å². The Morgan fingerprint density at radius 1 is 1.03 bits per heavy atom. The van der Waals surface area contributed by atoms with E-state index in [1.807, 2.05) is 31.2 Å². The number of sulfonamides is 1. The maximum Gasteiger partial charge on any atom is 0.262 e. The van der Waals surface area contributed by atoms with E-state index in [0.29, 0.717) is 5.75 Å². The Morgan fingerprint density at radius 2 is 1.71 bits per heavy atom. The second-order valence-corrected chi connectivity index (χ2v) is 8.63. The molecule has 1 unspecified atom stereocenters. The summed E-state index contributed by atoms with van der Waals surface area (Å²) >= 11 is 0. The number of nitrogens with zero attached hydrogens (tertiary/aromatic N) is 1. The van der Waals surface area contributed by atoms with Crippen molar-refractivity contribution in [2.75, 3.05) is 18.9 Å². The Labute approximate surface area is 181 Å². The van der Waals surface area contributed by atoms with Crippen LogP contribution in [0.15, 0.2) is 77.7 Å². The van der Waals surface area contributed by atoms with Gasteiger partial charge in [0.05, 0.1) is 23.7 Å². The lowest BCUT2D eigenvalue weighted by Gasteiger charge is -2.26. The van der Waals surface area contributed by atoms with E-state index >= 15 is 0 Å².